The molecule has 0 bridgehead atoms. The molecule has 1 aromatic carbocycles. The van der Waals surface area contributed by atoms with E-state index >= 15 is 0 Å². The van der Waals surface area contributed by atoms with Gasteiger partial charge in [0.25, 0.3) is 0 Å². The van der Waals surface area contributed by atoms with E-state index in [1.807, 2.05) is 24.3 Å². The number of carbonyl (C=O) groups is 1. The van der Waals surface area contributed by atoms with E-state index in [0.717, 1.165) is 11.3 Å². The van der Waals surface area contributed by atoms with Crippen molar-refractivity contribution >= 4 is 17.7 Å². The highest BCUT2D eigenvalue weighted by atomic mass is 32.2. The average Bonchev–Trinajstić information content (AvgIpc) is 2.31. The average molecular weight is 234 g/mol. The van der Waals surface area contributed by atoms with Crippen LogP contribution in [0, 0.1) is 11.3 Å². The van der Waals surface area contributed by atoms with Gasteiger partial charge in [0.05, 0.1) is 0 Å². The van der Waals surface area contributed by atoms with E-state index in [1.165, 1.54) is 9.80 Å². The molecule has 0 atom stereocenters. The predicted molar refractivity (Wildman–Crippen MR) is 64.9 cm³/mol. The molecule has 0 aliphatic carbocycles. The maximum atomic E-state index is 11.0. The van der Waals surface area contributed by atoms with Crippen molar-refractivity contribution in [2.24, 2.45) is 0 Å². The molecule has 0 N–H and O–H groups in total. The maximum absolute atomic E-state index is 11.0. The summed E-state index contributed by atoms with van der Waals surface area (Å²) in [6.45, 7) is 2.58. The van der Waals surface area contributed by atoms with Crippen LogP contribution in [0.25, 0.3) is 0 Å². The molecule has 1 rings (SSSR count). The van der Waals surface area contributed by atoms with E-state index in [9.17, 15) is 4.79 Å². The first kappa shape index (κ1) is 12.6. The lowest BCUT2D eigenvalue weighted by Crippen LogP contribution is -2.24. The normalized spacial score (nSPS) is 9.56. The van der Waals surface area contributed by atoms with Gasteiger partial charge in [-0.2, -0.15) is 5.26 Å². The first-order chi connectivity index (χ1) is 7.67. The Balaban J connectivity index is 2.62. The molecule has 1 aromatic rings. The third-order valence-electron chi connectivity index (χ3n) is 2.10. The fourth-order valence-corrected chi connectivity index (χ4v) is 1.95. The van der Waals surface area contributed by atoms with Gasteiger partial charge in [0.15, 0.2) is 6.07 Å². The van der Waals surface area contributed by atoms with Gasteiger partial charge in [-0.3, -0.25) is 4.79 Å². The van der Waals surface area contributed by atoms with Crippen molar-refractivity contribution in [3.63, 3.8) is 0 Å². The van der Waals surface area contributed by atoms with Gasteiger partial charge < -0.3 is 4.90 Å². The molecule has 3 nitrogen and oxygen atoms in total. The molecule has 0 aromatic heterocycles. The Morgan fingerprint density at radius 3 is 2.56 bits per heavy atom. The largest absolute Gasteiger partial charge is 0.329 e. The van der Waals surface area contributed by atoms with Crippen LogP contribution in [0.5, 0.6) is 0 Å². The highest BCUT2D eigenvalue weighted by Gasteiger charge is 2.07. The van der Waals surface area contributed by atoms with Gasteiger partial charge in [0.1, 0.15) is 0 Å². The van der Waals surface area contributed by atoms with Crippen LogP contribution in [0.2, 0.25) is 0 Å². The van der Waals surface area contributed by atoms with Crippen LogP contribution in [-0.2, 0) is 11.3 Å². The second-order valence-electron chi connectivity index (χ2n) is 3.35. The molecule has 0 radical (unpaired) electrons. The SMILES string of the molecule is CCSc1ccc(CN(C)C(=O)C#N)cc1. The first-order valence-electron chi connectivity index (χ1n) is 5.04. The minimum Gasteiger partial charge on any atom is -0.329 e. The molecule has 0 unspecified atom stereocenters. The summed E-state index contributed by atoms with van der Waals surface area (Å²) in [4.78, 5) is 13.7. The number of benzene rings is 1. The van der Waals surface area contributed by atoms with Gasteiger partial charge in [-0.1, -0.05) is 19.1 Å². The van der Waals surface area contributed by atoms with E-state index in [1.54, 1.807) is 24.9 Å². The van der Waals surface area contributed by atoms with E-state index in [-0.39, 0.29) is 0 Å². The Kier molecular flexibility index (Phi) is 4.87. The maximum Gasteiger partial charge on any atom is 0.325 e. The summed E-state index contributed by atoms with van der Waals surface area (Å²) in [6.07, 6.45) is 0. The summed E-state index contributed by atoms with van der Waals surface area (Å²) in [7, 11) is 1.63. The number of hydrogen-bond donors (Lipinski definition) is 0. The third-order valence-corrected chi connectivity index (χ3v) is 2.99. The van der Waals surface area contributed by atoms with E-state index in [0.29, 0.717) is 6.54 Å². The topological polar surface area (TPSA) is 44.1 Å². The van der Waals surface area contributed by atoms with Crippen molar-refractivity contribution in [1.29, 1.82) is 5.26 Å². The lowest BCUT2D eigenvalue weighted by Gasteiger charge is -2.13. The molecular weight excluding hydrogens is 220 g/mol. The monoisotopic (exact) mass is 234 g/mol. The van der Waals surface area contributed by atoms with Gasteiger partial charge in [0, 0.05) is 18.5 Å². The first-order valence-corrected chi connectivity index (χ1v) is 6.03. The summed E-state index contributed by atoms with van der Waals surface area (Å²) in [5.41, 5.74) is 1.03. The third kappa shape index (κ3) is 3.59. The lowest BCUT2D eigenvalue weighted by atomic mass is 10.2. The summed E-state index contributed by atoms with van der Waals surface area (Å²) in [6, 6.07) is 9.64. The summed E-state index contributed by atoms with van der Waals surface area (Å²) >= 11 is 1.78. The van der Waals surface area contributed by atoms with Crippen LogP contribution in [0.15, 0.2) is 29.2 Å². The summed E-state index contributed by atoms with van der Waals surface area (Å²) in [5.74, 6) is 0.540. The van der Waals surface area contributed by atoms with E-state index in [4.69, 9.17) is 5.26 Å². The van der Waals surface area contributed by atoms with Gasteiger partial charge in [-0.25, -0.2) is 0 Å². The number of nitrogens with zero attached hydrogens (tertiary/aromatic N) is 2. The molecule has 16 heavy (non-hydrogen) atoms. The van der Waals surface area contributed by atoms with E-state index < -0.39 is 5.91 Å². The van der Waals surface area contributed by atoms with Crippen molar-refractivity contribution in [2.75, 3.05) is 12.8 Å². The number of thioether (sulfide) groups is 1. The van der Waals surface area contributed by atoms with Gasteiger partial charge in [0.2, 0.25) is 0 Å². The van der Waals surface area contributed by atoms with Crippen LogP contribution in [0.3, 0.4) is 0 Å². The fourth-order valence-electron chi connectivity index (χ4n) is 1.29. The van der Waals surface area contributed by atoms with Crippen LogP contribution in [0.4, 0.5) is 0 Å². The minimum absolute atomic E-state index is 0.476. The Morgan fingerprint density at radius 2 is 2.06 bits per heavy atom. The van der Waals surface area contributed by atoms with Gasteiger partial charge >= 0.3 is 5.91 Å². The summed E-state index contributed by atoms with van der Waals surface area (Å²) in [5, 5.41) is 8.45. The predicted octanol–water partition coefficient (Wildman–Crippen LogP) is 2.28. The van der Waals surface area contributed by atoms with Crippen molar-refractivity contribution in [3.8, 4) is 6.07 Å². The molecule has 0 saturated carbocycles. The molecule has 0 aliphatic heterocycles. The second-order valence-corrected chi connectivity index (χ2v) is 4.69. The number of amides is 1. The Bertz CT molecular complexity index is 394. The van der Waals surface area contributed by atoms with Crippen LogP contribution in [-0.4, -0.2) is 23.6 Å². The summed E-state index contributed by atoms with van der Waals surface area (Å²) < 4.78 is 0. The molecular formula is C12H14N2OS. The van der Waals surface area contributed by atoms with Crippen LogP contribution < -0.4 is 0 Å². The zero-order valence-corrected chi connectivity index (χ0v) is 10.3. The Labute approximate surface area is 100 Å². The quantitative estimate of drug-likeness (QED) is 0.593. The number of carbonyl (C=O) groups excluding carboxylic acids is 1. The molecule has 0 saturated heterocycles. The number of hydrogen-bond acceptors (Lipinski definition) is 3. The lowest BCUT2D eigenvalue weighted by molar-refractivity contribution is -0.124. The van der Waals surface area contributed by atoms with Crippen LogP contribution >= 0.6 is 11.8 Å². The van der Waals surface area contributed by atoms with Crippen molar-refractivity contribution in [3.05, 3.63) is 29.8 Å². The second kappa shape index (κ2) is 6.19. The van der Waals surface area contributed by atoms with Gasteiger partial charge in [-0.05, 0) is 23.4 Å². The highest BCUT2D eigenvalue weighted by molar-refractivity contribution is 7.99. The zero-order chi connectivity index (χ0) is 12.0. The molecule has 0 fully saturated rings. The molecule has 84 valence electrons. The molecule has 0 heterocycles. The fraction of sp³-hybridized carbons (Fsp3) is 0.333. The molecule has 0 aliphatic rings. The van der Waals surface area contributed by atoms with Gasteiger partial charge in [-0.15, -0.1) is 11.8 Å². The van der Waals surface area contributed by atoms with E-state index in [2.05, 4.69) is 6.92 Å². The number of rotatable bonds is 4. The Hall–Kier alpha value is -1.47. The standard InChI is InChI=1S/C12H14N2OS/c1-3-16-11-6-4-10(5-7-11)9-14(2)12(15)8-13/h4-7H,3,9H2,1-2H3. The minimum atomic E-state index is -0.507. The molecule has 1 amide bonds. The number of nitriles is 1. The van der Waals surface area contributed by atoms with Crippen molar-refractivity contribution in [1.82, 2.24) is 4.90 Å². The smallest absolute Gasteiger partial charge is 0.325 e. The highest BCUT2D eigenvalue weighted by Crippen LogP contribution is 2.18. The molecule has 0 spiro atoms. The van der Waals surface area contributed by atoms with Crippen molar-refractivity contribution < 1.29 is 4.79 Å². The van der Waals surface area contributed by atoms with Crippen molar-refractivity contribution in [2.45, 2.75) is 18.4 Å². The zero-order valence-electron chi connectivity index (χ0n) is 9.43. The Morgan fingerprint density at radius 1 is 1.44 bits per heavy atom. The van der Waals surface area contributed by atoms with Crippen LogP contribution in [0.1, 0.15) is 12.5 Å². The molecule has 4 heteroatoms.